The highest BCUT2D eigenvalue weighted by atomic mass is 15.3. The van der Waals surface area contributed by atoms with Gasteiger partial charge in [-0.3, -0.25) is 9.67 Å². The Morgan fingerprint density at radius 3 is 2.66 bits per heavy atom. The quantitative estimate of drug-likeness (QED) is 0.585. The number of hydrogen-bond acceptors (Lipinski definition) is 6. The first-order valence-electron chi connectivity index (χ1n) is 9.87. The molecule has 5 rings (SSSR count). The molecule has 1 unspecified atom stereocenters. The fourth-order valence-corrected chi connectivity index (χ4v) is 4.01. The summed E-state index contributed by atoms with van der Waals surface area (Å²) in [5.74, 6) is 1.56. The van der Waals surface area contributed by atoms with Crippen molar-refractivity contribution in [3.63, 3.8) is 0 Å². The number of fused-ring (bicyclic) bond motifs is 1. The van der Waals surface area contributed by atoms with Crippen molar-refractivity contribution in [2.24, 2.45) is 7.05 Å². The molecule has 1 N–H and O–H groups in total. The van der Waals surface area contributed by atoms with Gasteiger partial charge in [0.05, 0.1) is 11.1 Å². The first-order valence-corrected chi connectivity index (χ1v) is 9.87. The van der Waals surface area contributed by atoms with Crippen LogP contribution in [0.4, 0.5) is 5.82 Å². The number of piperazine rings is 1. The molecule has 146 valence electrons. The average molecular weight is 385 g/mol. The van der Waals surface area contributed by atoms with Crippen LogP contribution in [-0.2, 0) is 7.05 Å². The monoisotopic (exact) mass is 385 g/mol. The van der Waals surface area contributed by atoms with E-state index in [0.29, 0.717) is 5.82 Å². The van der Waals surface area contributed by atoms with Gasteiger partial charge < -0.3 is 10.2 Å². The minimum absolute atomic E-state index is 0.255. The van der Waals surface area contributed by atoms with Gasteiger partial charge in [0.25, 0.3) is 0 Å². The molecule has 7 heteroatoms. The zero-order valence-electron chi connectivity index (χ0n) is 16.6. The summed E-state index contributed by atoms with van der Waals surface area (Å²) >= 11 is 0. The Kier molecular flexibility index (Phi) is 4.44. The Bertz CT molecular complexity index is 1140. The van der Waals surface area contributed by atoms with Crippen LogP contribution in [0.5, 0.6) is 0 Å². The summed E-state index contributed by atoms with van der Waals surface area (Å²) in [5, 5.41) is 9.25. The van der Waals surface area contributed by atoms with Gasteiger partial charge in [-0.15, -0.1) is 0 Å². The maximum atomic E-state index is 4.97. The normalized spacial score (nSPS) is 17.0. The SMILES string of the molecule is Cc1nn(C)c2nc(-c3ccccn3)nc(N3CCNC(c4ccccc4)C3)c12. The van der Waals surface area contributed by atoms with E-state index in [1.165, 1.54) is 5.56 Å². The number of aromatic nitrogens is 5. The molecule has 0 amide bonds. The molecule has 1 atom stereocenters. The second-order valence-electron chi connectivity index (χ2n) is 7.36. The van der Waals surface area contributed by atoms with Crippen LogP contribution < -0.4 is 10.2 Å². The van der Waals surface area contributed by atoms with Crippen LogP contribution in [0, 0.1) is 6.92 Å². The van der Waals surface area contributed by atoms with Crippen LogP contribution >= 0.6 is 0 Å². The highest BCUT2D eigenvalue weighted by molar-refractivity contribution is 5.91. The van der Waals surface area contributed by atoms with Crippen LogP contribution in [0.15, 0.2) is 54.7 Å². The van der Waals surface area contributed by atoms with E-state index in [2.05, 4.69) is 50.6 Å². The summed E-state index contributed by atoms with van der Waals surface area (Å²) < 4.78 is 1.83. The number of nitrogens with one attached hydrogen (secondary N) is 1. The Balaban J connectivity index is 1.61. The lowest BCUT2D eigenvalue weighted by atomic mass is 10.0. The molecule has 4 heterocycles. The van der Waals surface area contributed by atoms with Gasteiger partial charge in [-0.25, -0.2) is 9.97 Å². The summed E-state index contributed by atoms with van der Waals surface area (Å²) in [6.45, 7) is 4.63. The second-order valence-corrected chi connectivity index (χ2v) is 7.36. The van der Waals surface area contributed by atoms with Gasteiger partial charge in [-0.05, 0) is 24.6 Å². The number of aryl methyl sites for hydroxylation is 2. The second kappa shape index (κ2) is 7.25. The molecule has 0 saturated carbocycles. The van der Waals surface area contributed by atoms with Crippen molar-refractivity contribution in [2.45, 2.75) is 13.0 Å². The van der Waals surface area contributed by atoms with Gasteiger partial charge in [0.2, 0.25) is 0 Å². The van der Waals surface area contributed by atoms with Crippen LogP contribution in [-0.4, -0.2) is 44.4 Å². The van der Waals surface area contributed by atoms with Gasteiger partial charge in [0.15, 0.2) is 11.5 Å². The molecule has 4 aromatic rings. The summed E-state index contributed by atoms with van der Waals surface area (Å²) in [5.41, 5.74) is 3.84. The lowest BCUT2D eigenvalue weighted by Gasteiger charge is -2.35. The number of pyridine rings is 1. The molecule has 1 aromatic carbocycles. The third kappa shape index (κ3) is 3.23. The molecule has 1 aliphatic rings. The zero-order valence-corrected chi connectivity index (χ0v) is 16.6. The lowest BCUT2D eigenvalue weighted by molar-refractivity contribution is 0.470. The fraction of sp³-hybridized carbons (Fsp3) is 0.273. The maximum Gasteiger partial charge on any atom is 0.182 e. The molecular formula is C22H23N7. The van der Waals surface area contributed by atoms with Crippen molar-refractivity contribution in [3.8, 4) is 11.5 Å². The summed E-state index contributed by atoms with van der Waals surface area (Å²) in [4.78, 5) is 16.6. The Morgan fingerprint density at radius 1 is 1.03 bits per heavy atom. The minimum Gasteiger partial charge on any atom is -0.353 e. The molecule has 0 radical (unpaired) electrons. The van der Waals surface area contributed by atoms with Gasteiger partial charge in [-0.1, -0.05) is 36.4 Å². The van der Waals surface area contributed by atoms with Crippen LogP contribution in [0.25, 0.3) is 22.6 Å². The van der Waals surface area contributed by atoms with Crippen LogP contribution in [0.3, 0.4) is 0 Å². The van der Waals surface area contributed by atoms with Gasteiger partial charge in [0, 0.05) is 38.9 Å². The first kappa shape index (κ1) is 17.8. The molecule has 1 fully saturated rings. The molecule has 3 aromatic heterocycles. The minimum atomic E-state index is 0.255. The highest BCUT2D eigenvalue weighted by Crippen LogP contribution is 2.31. The van der Waals surface area contributed by atoms with E-state index in [9.17, 15) is 0 Å². The zero-order chi connectivity index (χ0) is 19.8. The van der Waals surface area contributed by atoms with Gasteiger partial charge in [-0.2, -0.15) is 5.10 Å². The highest BCUT2D eigenvalue weighted by Gasteiger charge is 2.26. The van der Waals surface area contributed by atoms with E-state index in [1.54, 1.807) is 6.20 Å². The van der Waals surface area contributed by atoms with E-state index in [0.717, 1.165) is 47.9 Å². The Hall–Kier alpha value is -3.32. The van der Waals surface area contributed by atoms with Crippen molar-refractivity contribution in [2.75, 3.05) is 24.5 Å². The number of benzene rings is 1. The standard InChI is InChI=1S/C22H23N7/c1-15-19-21(28(2)27-15)25-20(17-10-6-7-11-23-17)26-22(19)29-13-12-24-18(14-29)16-8-4-3-5-9-16/h3-11,18,24H,12-14H2,1-2H3. The Labute approximate surface area is 169 Å². The Morgan fingerprint density at radius 2 is 1.86 bits per heavy atom. The molecule has 7 nitrogen and oxygen atoms in total. The van der Waals surface area contributed by atoms with Gasteiger partial charge in [0.1, 0.15) is 11.5 Å². The topological polar surface area (TPSA) is 71.8 Å². The van der Waals surface area contributed by atoms with E-state index in [-0.39, 0.29) is 6.04 Å². The third-order valence-corrected chi connectivity index (χ3v) is 5.41. The predicted octanol–water partition coefficient (Wildman–Crippen LogP) is 2.88. The van der Waals surface area contributed by atoms with Crippen molar-refractivity contribution in [3.05, 3.63) is 66.0 Å². The van der Waals surface area contributed by atoms with E-state index in [4.69, 9.17) is 9.97 Å². The summed E-state index contributed by atoms with van der Waals surface area (Å²) in [7, 11) is 1.93. The van der Waals surface area contributed by atoms with Crippen molar-refractivity contribution < 1.29 is 0 Å². The predicted molar refractivity (Wildman–Crippen MR) is 114 cm³/mol. The largest absolute Gasteiger partial charge is 0.353 e. The molecule has 0 aliphatic carbocycles. The molecule has 1 aliphatic heterocycles. The molecule has 0 spiro atoms. The van der Waals surface area contributed by atoms with Gasteiger partial charge >= 0.3 is 0 Å². The molecule has 29 heavy (non-hydrogen) atoms. The lowest BCUT2D eigenvalue weighted by Crippen LogP contribution is -2.46. The van der Waals surface area contributed by atoms with E-state index >= 15 is 0 Å². The first-order chi connectivity index (χ1) is 14.2. The van der Waals surface area contributed by atoms with E-state index < -0.39 is 0 Å². The molecule has 1 saturated heterocycles. The van der Waals surface area contributed by atoms with E-state index in [1.807, 2.05) is 36.9 Å². The smallest absolute Gasteiger partial charge is 0.182 e. The third-order valence-electron chi connectivity index (χ3n) is 5.41. The fourth-order valence-electron chi connectivity index (χ4n) is 4.01. The summed E-state index contributed by atoms with van der Waals surface area (Å²) in [6, 6.07) is 16.6. The van der Waals surface area contributed by atoms with Crippen molar-refractivity contribution >= 4 is 16.9 Å². The molecular weight excluding hydrogens is 362 g/mol. The number of anilines is 1. The van der Waals surface area contributed by atoms with Crippen LogP contribution in [0.1, 0.15) is 17.3 Å². The number of nitrogens with zero attached hydrogens (tertiary/aromatic N) is 6. The summed E-state index contributed by atoms with van der Waals surface area (Å²) in [6.07, 6.45) is 1.77. The average Bonchev–Trinajstić information content (AvgIpc) is 3.08. The van der Waals surface area contributed by atoms with Crippen LogP contribution in [0.2, 0.25) is 0 Å². The number of rotatable bonds is 3. The van der Waals surface area contributed by atoms with Crippen molar-refractivity contribution in [1.29, 1.82) is 0 Å². The maximum absolute atomic E-state index is 4.97. The number of hydrogen-bond donors (Lipinski definition) is 1. The molecule has 0 bridgehead atoms. The van der Waals surface area contributed by atoms with Crippen molar-refractivity contribution in [1.82, 2.24) is 30.0 Å².